The zero-order chi connectivity index (χ0) is 29.2. The highest BCUT2D eigenvalue weighted by atomic mass is 19.4. The molecule has 3 aromatic rings. The van der Waals surface area contributed by atoms with Crippen molar-refractivity contribution >= 4 is 6.08 Å². The maximum atomic E-state index is 13.1. The first kappa shape index (κ1) is 30.5. The SMILES string of the molecule is CCc1ccc(-c2ccc(C(CC)(CC)c3ccc(/C=C/C(O)(C(F)(F)F)C(F)(F)F)c(C)c3)cc2C)cc1. The van der Waals surface area contributed by atoms with Crippen molar-refractivity contribution in [2.45, 2.75) is 77.2 Å². The van der Waals surface area contributed by atoms with Gasteiger partial charge in [0.15, 0.2) is 0 Å². The van der Waals surface area contributed by atoms with E-state index in [-0.39, 0.29) is 11.6 Å². The molecule has 0 saturated carbocycles. The fourth-order valence-electron chi connectivity index (χ4n) is 5.16. The lowest BCUT2D eigenvalue weighted by atomic mass is 9.69. The zero-order valence-electron chi connectivity index (χ0n) is 22.8. The first-order chi connectivity index (χ1) is 18.1. The van der Waals surface area contributed by atoms with E-state index in [0.29, 0.717) is 11.6 Å². The summed E-state index contributed by atoms with van der Waals surface area (Å²) < 4.78 is 78.5. The number of hydrogen-bond donors (Lipinski definition) is 1. The van der Waals surface area contributed by atoms with Crippen LogP contribution in [0.5, 0.6) is 0 Å². The van der Waals surface area contributed by atoms with Gasteiger partial charge in [-0.15, -0.1) is 0 Å². The van der Waals surface area contributed by atoms with Crippen molar-refractivity contribution < 1.29 is 31.4 Å². The van der Waals surface area contributed by atoms with Crippen molar-refractivity contribution in [2.24, 2.45) is 0 Å². The van der Waals surface area contributed by atoms with Crippen molar-refractivity contribution in [1.29, 1.82) is 0 Å². The van der Waals surface area contributed by atoms with Crippen molar-refractivity contribution in [3.05, 3.63) is 100 Å². The van der Waals surface area contributed by atoms with Crippen LogP contribution in [-0.4, -0.2) is 23.1 Å². The molecule has 0 aliphatic rings. The molecule has 3 rings (SSSR count). The second-order valence-corrected chi connectivity index (χ2v) is 10.0. The van der Waals surface area contributed by atoms with Gasteiger partial charge in [0, 0.05) is 5.41 Å². The molecule has 0 bridgehead atoms. The van der Waals surface area contributed by atoms with Gasteiger partial charge in [0.2, 0.25) is 0 Å². The molecule has 0 aliphatic carbocycles. The van der Waals surface area contributed by atoms with Gasteiger partial charge in [-0.05, 0) is 83.7 Å². The largest absolute Gasteiger partial charge is 0.430 e. The molecule has 0 aromatic heterocycles. The third kappa shape index (κ3) is 5.79. The third-order valence-corrected chi connectivity index (χ3v) is 7.85. The molecule has 0 spiro atoms. The standard InChI is InChI=1S/C32H34F6O/c1-6-23-9-11-25(12-10-23)28-16-15-27(20-22(28)5)29(7-2,8-3)26-14-13-24(21(4)19-26)17-18-30(39,31(33,34)35)32(36,37)38/h9-20,39H,6-8H2,1-5H3/b18-17+. The molecule has 0 fully saturated rings. The third-order valence-electron chi connectivity index (χ3n) is 7.85. The van der Waals surface area contributed by atoms with E-state index in [4.69, 9.17) is 0 Å². The van der Waals surface area contributed by atoms with Gasteiger partial charge in [0.25, 0.3) is 5.60 Å². The number of halogens is 6. The summed E-state index contributed by atoms with van der Waals surface area (Å²) in [5, 5.41) is 9.47. The lowest BCUT2D eigenvalue weighted by Crippen LogP contribution is -2.55. The Hall–Kier alpha value is -3.06. The van der Waals surface area contributed by atoms with Gasteiger partial charge in [0.1, 0.15) is 0 Å². The summed E-state index contributed by atoms with van der Waals surface area (Å²) in [5.74, 6) is 0. The second-order valence-electron chi connectivity index (χ2n) is 10.0. The minimum Gasteiger partial charge on any atom is -0.370 e. The molecule has 0 unspecified atom stereocenters. The molecule has 210 valence electrons. The summed E-state index contributed by atoms with van der Waals surface area (Å²) in [6, 6.07) is 19.9. The van der Waals surface area contributed by atoms with Crippen LogP contribution < -0.4 is 0 Å². The Balaban J connectivity index is 2.02. The van der Waals surface area contributed by atoms with Gasteiger partial charge in [-0.3, -0.25) is 0 Å². The van der Waals surface area contributed by atoms with Gasteiger partial charge < -0.3 is 5.11 Å². The minimum atomic E-state index is -5.91. The normalized spacial score (nSPS) is 13.3. The van der Waals surface area contributed by atoms with Crippen LogP contribution in [0, 0.1) is 13.8 Å². The molecule has 3 aromatic carbocycles. The van der Waals surface area contributed by atoms with Crippen molar-refractivity contribution in [1.82, 2.24) is 0 Å². The maximum Gasteiger partial charge on any atom is 0.430 e. The first-order valence-corrected chi connectivity index (χ1v) is 13.0. The highest BCUT2D eigenvalue weighted by molar-refractivity contribution is 5.68. The van der Waals surface area contributed by atoms with Gasteiger partial charge in [0.05, 0.1) is 0 Å². The smallest absolute Gasteiger partial charge is 0.370 e. The van der Waals surface area contributed by atoms with Gasteiger partial charge in [-0.25, -0.2) is 0 Å². The monoisotopic (exact) mass is 548 g/mol. The number of rotatable bonds is 8. The Morgan fingerprint density at radius 1 is 0.692 bits per heavy atom. The Bertz CT molecular complexity index is 1300. The average Bonchev–Trinajstić information content (AvgIpc) is 2.88. The minimum absolute atomic E-state index is 0.161. The number of aliphatic hydroxyl groups is 1. The van der Waals surface area contributed by atoms with E-state index < -0.39 is 23.4 Å². The van der Waals surface area contributed by atoms with Crippen LogP contribution in [0.1, 0.15) is 67.0 Å². The van der Waals surface area contributed by atoms with Gasteiger partial charge in [-0.2, -0.15) is 26.3 Å². The quantitative estimate of drug-likeness (QED) is 0.278. The summed E-state index contributed by atoms with van der Waals surface area (Å²) >= 11 is 0. The van der Waals surface area contributed by atoms with Crippen LogP contribution in [0.3, 0.4) is 0 Å². The molecule has 0 radical (unpaired) electrons. The van der Waals surface area contributed by atoms with Gasteiger partial charge in [-0.1, -0.05) is 87.5 Å². The molecule has 1 N–H and O–H groups in total. The van der Waals surface area contributed by atoms with Crippen molar-refractivity contribution in [2.75, 3.05) is 0 Å². The molecule has 0 aliphatic heterocycles. The Labute approximate surface area is 226 Å². The van der Waals surface area contributed by atoms with Crippen LogP contribution in [0.15, 0.2) is 66.7 Å². The molecule has 0 heterocycles. The lowest BCUT2D eigenvalue weighted by Gasteiger charge is -2.34. The van der Waals surface area contributed by atoms with Crippen LogP contribution in [0.4, 0.5) is 26.3 Å². The van der Waals surface area contributed by atoms with E-state index >= 15 is 0 Å². The average molecular weight is 549 g/mol. The molecular weight excluding hydrogens is 514 g/mol. The molecule has 7 heteroatoms. The maximum absolute atomic E-state index is 13.1. The molecule has 39 heavy (non-hydrogen) atoms. The van der Waals surface area contributed by atoms with Crippen molar-refractivity contribution in [3.63, 3.8) is 0 Å². The van der Waals surface area contributed by atoms with E-state index in [9.17, 15) is 31.4 Å². The van der Waals surface area contributed by atoms with Crippen LogP contribution in [0.25, 0.3) is 17.2 Å². The van der Waals surface area contributed by atoms with Crippen LogP contribution >= 0.6 is 0 Å². The van der Waals surface area contributed by atoms with Crippen LogP contribution in [0.2, 0.25) is 0 Å². The lowest BCUT2D eigenvalue weighted by molar-refractivity contribution is -0.347. The highest BCUT2D eigenvalue weighted by Gasteiger charge is 2.68. The predicted octanol–water partition coefficient (Wildman–Crippen LogP) is 9.51. The molecule has 0 atom stereocenters. The predicted molar refractivity (Wildman–Crippen MR) is 145 cm³/mol. The van der Waals surface area contributed by atoms with E-state index in [1.54, 1.807) is 19.1 Å². The number of benzene rings is 3. The van der Waals surface area contributed by atoms with Crippen LogP contribution in [-0.2, 0) is 11.8 Å². The first-order valence-electron chi connectivity index (χ1n) is 13.0. The van der Waals surface area contributed by atoms with E-state index in [0.717, 1.165) is 47.1 Å². The number of aryl methyl sites for hydroxylation is 3. The summed E-state index contributed by atoms with van der Waals surface area (Å²) in [7, 11) is 0. The number of alkyl halides is 6. The summed E-state index contributed by atoms with van der Waals surface area (Å²) in [4.78, 5) is 0. The number of hydrogen-bond acceptors (Lipinski definition) is 1. The summed E-state index contributed by atoms with van der Waals surface area (Å²) in [6.45, 7) is 9.93. The topological polar surface area (TPSA) is 20.2 Å². The second kappa shape index (κ2) is 11.2. The molecule has 0 saturated heterocycles. The van der Waals surface area contributed by atoms with E-state index in [2.05, 4.69) is 70.2 Å². The highest BCUT2D eigenvalue weighted by Crippen LogP contribution is 2.45. The zero-order valence-corrected chi connectivity index (χ0v) is 22.8. The van der Waals surface area contributed by atoms with Gasteiger partial charge >= 0.3 is 12.4 Å². The molecular formula is C32H34F6O. The Morgan fingerprint density at radius 2 is 1.21 bits per heavy atom. The molecule has 1 nitrogen and oxygen atoms in total. The summed E-state index contributed by atoms with van der Waals surface area (Å²) in [6.07, 6.45) is -8.91. The fraction of sp³-hybridized carbons (Fsp3) is 0.375. The van der Waals surface area contributed by atoms with Crippen molar-refractivity contribution in [3.8, 4) is 11.1 Å². The van der Waals surface area contributed by atoms with E-state index in [1.807, 2.05) is 0 Å². The Morgan fingerprint density at radius 3 is 1.64 bits per heavy atom. The summed E-state index contributed by atoms with van der Waals surface area (Å²) in [5.41, 5.74) is 1.96. The van der Waals surface area contributed by atoms with E-state index in [1.165, 1.54) is 11.6 Å². The molecule has 0 amide bonds. The fourth-order valence-corrected chi connectivity index (χ4v) is 5.16. The Kier molecular flexibility index (Phi) is 8.76.